The molecule has 124 valence electrons. The van der Waals surface area contributed by atoms with Gasteiger partial charge in [0.05, 0.1) is 11.5 Å². The Labute approximate surface area is 136 Å². The van der Waals surface area contributed by atoms with Crippen LogP contribution in [0.1, 0.15) is 44.2 Å². The normalized spacial score (nSPS) is 25.7. The quantitative estimate of drug-likeness (QED) is 0.897. The second-order valence-corrected chi connectivity index (χ2v) is 7.07. The minimum atomic E-state index is -0.827. The number of hydrogen-bond donors (Lipinski definition) is 2. The Morgan fingerprint density at radius 2 is 2.00 bits per heavy atom. The summed E-state index contributed by atoms with van der Waals surface area (Å²) in [5.74, 6) is -0.346. The number of likely N-dealkylation sites (tertiary alicyclic amines) is 1. The lowest BCUT2D eigenvalue weighted by molar-refractivity contribution is -0.147. The van der Waals surface area contributed by atoms with Gasteiger partial charge < -0.3 is 15.3 Å². The molecule has 0 aromatic heterocycles. The average molecular weight is 316 g/mol. The summed E-state index contributed by atoms with van der Waals surface area (Å²) in [7, 11) is 0. The minimum absolute atomic E-state index is 0.0223. The molecule has 0 radical (unpaired) electrons. The smallest absolute Gasteiger partial charge is 0.317 e. The van der Waals surface area contributed by atoms with E-state index in [-0.39, 0.29) is 18.6 Å². The molecule has 1 saturated carbocycles. The Bertz CT molecular complexity index is 585. The number of nitrogens with zero attached hydrogens (tertiary/aromatic N) is 1. The van der Waals surface area contributed by atoms with E-state index in [0.717, 1.165) is 18.4 Å². The Morgan fingerprint density at radius 3 is 2.52 bits per heavy atom. The van der Waals surface area contributed by atoms with E-state index in [4.69, 9.17) is 0 Å². The van der Waals surface area contributed by atoms with Gasteiger partial charge in [-0.3, -0.25) is 4.79 Å². The van der Waals surface area contributed by atoms with Gasteiger partial charge in [0.1, 0.15) is 0 Å². The number of carboxylic acid groups (broad SMARTS) is 1. The molecule has 0 bridgehead atoms. The molecular weight excluding hydrogens is 292 g/mol. The minimum Gasteiger partial charge on any atom is -0.481 e. The van der Waals surface area contributed by atoms with Crippen LogP contribution in [0.4, 0.5) is 4.79 Å². The first-order valence-electron chi connectivity index (χ1n) is 8.33. The van der Waals surface area contributed by atoms with E-state index in [1.54, 1.807) is 11.8 Å². The number of amides is 2. The summed E-state index contributed by atoms with van der Waals surface area (Å²) < 4.78 is 0. The molecule has 2 N–H and O–H groups in total. The van der Waals surface area contributed by atoms with Gasteiger partial charge in [-0.25, -0.2) is 4.79 Å². The van der Waals surface area contributed by atoms with Crippen molar-refractivity contribution in [2.45, 2.75) is 38.6 Å². The summed E-state index contributed by atoms with van der Waals surface area (Å²) in [6, 6.07) is 9.94. The van der Waals surface area contributed by atoms with E-state index < -0.39 is 11.4 Å². The third-order valence-electron chi connectivity index (χ3n) is 5.34. The number of hydrogen-bond acceptors (Lipinski definition) is 2. The zero-order valence-corrected chi connectivity index (χ0v) is 13.5. The molecule has 1 heterocycles. The highest BCUT2D eigenvalue weighted by atomic mass is 16.4. The third kappa shape index (κ3) is 3.19. The van der Waals surface area contributed by atoms with Crippen LogP contribution in [0.15, 0.2) is 30.3 Å². The molecule has 3 rings (SSSR count). The number of benzene rings is 1. The fraction of sp³-hybridized carbons (Fsp3) is 0.556. The fourth-order valence-electron chi connectivity index (χ4n) is 3.44. The Morgan fingerprint density at radius 1 is 1.30 bits per heavy atom. The van der Waals surface area contributed by atoms with Gasteiger partial charge in [0.25, 0.3) is 0 Å². The number of nitrogens with one attached hydrogen (secondary N) is 1. The second-order valence-electron chi connectivity index (χ2n) is 7.07. The largest absolute Gasteiger partial charge is 0.481 e. The van der Waals surface area contributed by atoms with E-state index in [1.807, 2.05) is 18.2 Å². The number of carbonyl (C=O) groups excluding carboxylic acids is 1. The van der Waals surface area contributed by atoms with E-state index >= 15 is 0 Å². The van der Waals surface area contributed by atoms with Gasteiger partial charge in [-0.05, 0) is 37.7 Å². The van der Waals surface area contributed by atoms with Crippen LogP contribution in [0.2, 0.25) is 0 Å². The van der Waals surface area contributed by atoms with Crippen LogP contribution in [0.5, 0.6) is 0 Å². The molecule has 2 unspecified atom stereocenters. The zero-order valence-electron chi connectivity index (χ0n) is 13.5. The van der Waals surface area contributed by atoms with Crippen LogP contribution in [-0.4, -0.2) is 35.1 Å². The molecular formula is C18H24N2O3. The van der Waals surface area contributed by atoms with Gasteiger partial charge in [0.2, 0.25) is 0 Å². The summed E-state index contributed by atoms with van der Waals surface area (Å²) in [5, 5.41) is 12.5. The first kappa shape index (κ1) is 15.8. The molecule has 5 heteroatoms. The zero-order chi connectivity index (χ0) is 16.4. The number of carboxylic acids is 1. The number of carbonyl (C=O) groups is 2. The van der Waals surface area contributed by atoms with Crippen molar-refractivity contribution in [2.75, 3.05) is 13.1 Å². The highest BCUT2D eigenvalue weighted by Crippen LogP contribution is 2.38. The van der Waals surface area contributed by atoms with Crippen LogP contribution in [0.25, 0.3) is 0 Å². The Balaban J connectivity index is 1.69. The van der Waals surface area contributed by atoms with Gasteiger partial charge in [0, 0.05) is 13.1 Å². The highest BCUT2D eigenvalue weighted by Gasteiger charge is 2.43. The van der Waals surface area contributed by atoms with Crippen molar-refractivity contribution in [3.63, 3.8) is 0 Å². The van der Waals surface area contributed by atoms with Gasteiger partial charge in [-0.1, -0.05) is 36.8 Å². The van der Waals surface area contributed by atoms with Gasteiger partial charge in [-0.15, -0.1) is 0 Å². The fourth-order valence-corrected chi connectivity index (χ4v) is 3.44. The van der Waals surface area contributed by atoms with Gasteiger partial charge in [-0.2, -0.15) is 0 Å². The molecule has 1 aliphatic carbocycles. The van der Waals surface area contributed by atoms with Crippen LogP contribution in [-0.2, 0) is 4.79 Å². The van der Waals surface area contributed by atoms with Crippen LogP contribution >= 0.6 is 0 Å². The van der Waals surface area contributed by atoms with Crippen molar-refractivity contribution < 1.29 is 14.7 Å². The first-order chi connectivity index (χ1) is 11.0. The van der Waals surface area contributed by atoms with Crippen molar-refractivity contribution in [3.05, 3.63) is 35.9 Å². The summed E-state index contributed by atoms with van der Waals surface area (Å²) in [4.78, 5) is 25.6. The average Bonchev–Trinajstić information content (AvgIpc) is 2.90. The second kappa shape index (κ2) is 6.22. The molecule has 23 heavy (non-hydrogen) atoms. The Hall–Kier alpha value is -2.04. The molecule has 2 atom stereocenters. The molecule has 1 aromatic carbocycles. The summed E-state index contributed by atoms with van der Waals surface area (Å²) in [6.07, 6.45) is 3.99. The highest BCUT2D eigenvalue weighted by molar-refractivity contribution is 5.79. The monoisotopic (exact) mass is 316 g/mol. The van der Waals surface area contributed by atoms with Crippen LogP contribution in [0.3, 0.4) is 0 Å². The molecule has 1 aromatic rings. The standard InChI is InChI=1S/C18H24N2O3/c1-18(16(21)22)10-11-20(12-18)17(23)19-15(14-8-5-9-14)13-6-3-2-4-7-13/h2-4,6-7,14-15H,5,8-12H2,1H3,(H,19,23)(H,21,22). The predicted molar refractivity (Wildman–Crippen MR) is 87.0 cm³/mol. The maximum atomic E-state index is 12.6. The van der Waals surface area contributed by atoms with Crippen molar-refractivity contribution in [1.29, 1.82) is 0 Å². The van der Waals surface area contributed by atoms with Crippen molar-refractivity contribution >= 4 is 12.0 Å². The topological polar surface area (TPSA) is 69.6 Å². The SMILES string of the molecule is CC1(C(=O)O)CCN(C(=O)NC(c2ccccc2)C2CCC2)C1. The van der Waals surface area contributed by atoms with Gasteiger partial charge in [0.15, 0.2) is 0 Å². The van der Waals surface area contributed by atoms with E-state index in [2.05, 4.69) is 17.4 Å². The van der Waals surface area contributed by atoms with Crippen molar-refractivity contribution in [3.8, 4) is 0 Å². The predicted octanol–water partition coefficient (Wildman–Crippen LogP) is 3.03. The molecule has 2 fully saturated rings. The lowest BCUT2D eigenvalue weighted by Gasteiger charge is -2.35. The summed E-state index contributed by atoms with van der Waals surface area (Å²) in [6.45, 7) is 2.49. The summed E-state index contributed by atoms with van der Waals surface area (Å²) >= 11 is 0. The van der Waals surface area contributed by atoms with Crippen LogP contribution < -0.4 is 5.32 Å². The molecule has 1 saturated heterocycles. The van der Waals surface area contributed by atoms with E-state index in [9.17, 15) is 14.7 Å². The van der Waals surface area contributed by atoms with Crippen LogP contribution in [0, 0.1) is 11.3 Å². The molecule has 1 aliphatic heterocycles. The van der Waals surface area contributed by atoms with E-state index in [0.29, 0.717) is 18.9 Å². The third-order valence-corrected chi connectivity index (χ3v) is 5.34. The van der Waals surface area contributed by atoms with E-state index in [1.165, 1.54) is 6.42 Å². The maximum absolute atomic E-state index is 12.6. The number of urea groups is 1. The molecule has 0 spiro atoms. The Kier molecular flexibility index (Phi) is 4.28. The lowest BCUT2D eigenvalue weighted by Crippen LogP contribution is -2.44. The number of rotatable bonds is 4. The van der Waals surface area contributed by atoms with Crippen molar-refractivity contribution in [1.82, 2.24) is 10.2 Å². The summed E-state index contributed by atoms with van der Waals surface area (Å²) in [5.41, 5.74) is 0.307. The number of aliphatic carboxylic acids is 1. The molecule has 5 nitrogen and oxygen atoms in total. The molecule has 2 aliphatic rings. The first-order valence-corrected chi connectivity index (χ1v) is 8.33. The lowest BCUT2D eigenvalue weighted by atomic mass is 9.77. The van der Waals surface area contributed by atoms with Crippen molar-refractivity contribution in [2.24, 2.45) is 11.3 Å². The van der Waals surface area contributed by atoms with Gasteiger partial charge >= 0.3 is 12.0 Å². The maximum Gasteiger partial charge on any atom is 0.317 e. The molecule has 2 amide bonds.